The lowest BCUT2D eigenvalue weighted by molar-refractivity contribution is -0.111. The van der Waals surface area contributed by atoms with E-state index in [0.717, 1.165) is 31.0 Å². The van der Waals surface area contributed by atoms with E-state index in [0.29, 0.717) is 6.42 Å². The normalized spacial score (nSPS) is 13.6. The first kappa shape index (κ1) is 32.3. The van der Waals surface area contributed by atoms with E-state index in [1.165, 1.54) is 62.8 Å². The quantitative estimate of drug-likeness (QED) is 0.119. The van der Waals surface area contributed by atoms with Gasteiger partial charge >= 0.3 is 19.3 Å². The van der Waals surface area contributed by atoms with Crippen molar-refractivity contribution in [2.75, 3.05) is 19.0 Å². The molecule has 0 heterocycles. The van der Waals surface area contributed by atoms with Gasteiger partial charge in [-0.2, -0.15) is 0 Å². The minimum atomic E-state index is -4.92. The van der Waals surface area contributed by atoms with E-state index in [-0.39, 0.29) is 28.8 Å². The Morgan fingerprint density at radius 1 is 0.972 bits per heavy atom. The molecule has 1 aromatic carbocycles. The van der Waals surface area contributed by atoms with Crippen molar-refractivity contribution < 1.29 is 42.9 Å². The van der Waals surface area contributed by atoms with Crippen LogP contribution in [0.5, 0.6) is 5.75 Å². The maximum Gasteiger partial charge on any atom is 0.436 e. The molecule has 0 saturated heterocycles. The number of para-hydroxylation sites is 1. The Hall–Kier alpha value is -1.71. The third-order valence-corrected chi connectivity index (χ3v) is 7.30. The number of hydrogen-bond donors (Lipinski definition) is 2. The summed E-state index contributed by atoms with van der Waals surface area (Å²) in [5.74, 6) is -1.04. The first-order valence-corrected chi connectivity index (χ1v) is 15.1. The molecule has 0 aliphatic heterocycles. The molecule has 0 aliphatic carbocycles. The van der Waals surface area contributed by atoms with Gasteiger partial charge in [-0.15, -0.1) is 0 Å². The molecule has 0 aliphatic rings. The van der Waals surface area contributed by atoms with Crippen molar-refractivity contribution in [1.29, 1.82) is 0 Å². The summed E-state index contributed by atoms with van der Waals surface area (Å²) in [7, 11) is -4.92. The molecule has 0 aromatic heterocycles. The smallest absolute Gasteiger partial charge is 0.436 e. The standard InChI is InChI=1S/C25H39O9PS/c1-3-5-6-7-8-9-10-11-12-17-23(27)36-19-20(26)18-33-35(30,31)25(29)34-22-16-14-13-15-21(22)24(28)32-4-2/h13-16,20,26H,3-12,17-19H2,1-2H3,(H,30,31). The minimum absolute atomic E-state index is 0.0308. The molecule has 2 atom stereocenters. The lowest BCUT2D eigenvalue weighted by Gasteiger charge is -2.15. The van der Waals surface area contributed by atoms with E-state index in [1.807, 2.05) is 0 Å². The Balaban J connectivity index is 2.31. The van der Waals surface area contributed by atoms with E-state index in [2.05, 4.69) is 6.92 Å². The number of carbonyl (C=O) groups excluding carboxylic acids is 3. The molecule has 2 N–H and O–H groups in total. The van der Waals surface area contributed by atoms with E-state index < -0.39 is 32.0 Å². The summed E-state index contributed by atoms with van der Waals surface area (Å²) in [6.07, 6.45) is 9.53. The van der Waals surface area contributed by atoms with Gasteiger partial charge in [0, 0.05) is 12.2 Å². The molecule has 36 heavy (non-hydrogen) atoms. The predicted molar refractivity (Wildman–Crippen MR) is 140 cm³/mol. The second kappa shape index (κ2) is 18.5. The number of esters is 1. The Kier molecular flexibility index (Phi) is 16.6. The van der Waals surface area contributed by atoms with E-state index >= 15 is 0 Å². The van der Waals surface area contributed by atoms with Crippen molar-refractivity contribution in [1.82, 2.24) is 0 Å². The van der Waals surface area contributed by atoms with Gasteiger partial charge in [0.1, 0.15) is 11.3 Å². The van der Waals surface area contributed by atoms with Crippen LogP contribution in [0.25, 0.3) is 0 Å². The average molecular weight is 547 g/mol. The van der Waals surface area contributed by atoms with Crippen LogP contribution in [0.3, 0.4) is 0 Å². The van der Waals surface area contributed by atoms with Gasteiger partial charge in [-0.3, -0.25) is 9.32 Å². The second-order valence-electron chi connectivity index (χ2n) is 8.32. The predicted octanol–water partition coefficient (Wildman–Crippen LogP) is 6.11. The summed E-state index contributed by atoms with van der Waals surface area (Å²) < 4.78 is 26.7. The van der Waals surface area contributed by atoms with Crippen LogP contribution in [0.2, 0.25) is 0 Å². The number of unbranched alkanes of at least 4 members (excludes halogenated alkanes) is 8. The lowest BCUT2D eigenvalue weighted by atomic mass is 10.1. The van der Waals surface area contributed by atoms with Crippen molar-refractivity contribution in [2.24, 2.45) is 0 Å². The van der Waals surface area contributed by atoms with Gasteiger partial charge in [0.15, 0.2) is 5.12 Å². The van der Waals surface area contributed by atoms with Gasteiger partial charge in [0.2, 0.25) is 0 Å². The third kappa shape index (κ3) is 13.6. The van der Waals surface area contributed by atoms with Crippen LogP contribution in [0.1, 0.15) is 88.4 Å². The number of benzene rings is 1. The van der Waals surface area contributed by atoms with Crippen molar-refractivity contribution in [3.8, 4) is 5.75 Å². The van der Waals surface area contributed by atoms with Gasteiger partial charge in [-0.25, -0.2) is 14.2 Å². The molecule has 1 aromatic rings. The highest BCUT2D eigenvalue weighted by Crippen LogP contribution is 2.44. The zero-order chi connectivity index (χ0) is 26.8. The van der Waals surface area contributed by atoms with E-state index in [1.54, 1.807) is 6.92 Å². The molecule has 0 saturated carbocycles. The number of hydrogen-bond acceptors (Lipinski definition) is 9. The van der Waals surface area contributed by atoms with Crippen molar-refractivity contribution in [2.45, 2.75) is 84.2 Å². The number of carbonyl (C=O) groups is 3. The van der Waals surface area contributed by atoms with Gasteiger partial charge in [-0.1, -0.05) is 82.2 Å². The highest BCUT2D eigenvalue weighted by Gasteiger charge is 2.35. The molecule has 1 rings (SSSR count). The first-order valence-electron chi connectivity index (χ1n) is 12.5. The number of aliphatic hydroxyl groups is 1. The van der Waals surface area contributed by atoms with Gasteiger partial charge < -0.3 is 19.5 Å². The SMILES string of the molecule is CCCCCCCCCCCC(=O)SCC(O)COP(=O)(O)C(=O)Oc1ccccc1C(=O)OCC. The molecular formula is C25H39O9PS. The highest BCUT2D eigenvalue weighted by atomic mass is 32.2. The molecule has 11 heteroatoms. The second-order valence-corrected chi connectivity index (χ2v) is 11.1. The maximum atomic E-state index is 12.2. The number of rotatable bonds is 19. The molecule has 0 fully saturated rings. The topological polar surface area (TPSA) is 136 Å². The van der Waals surface area contributed by atoms with Crippen molar-refractivity contribution >= 4 is 36.2 Å². The fourth-order valence-electron chi connectivity index (χ4n) is 3.21. The first-order chi connectivity index (χ1) is 17.2. The average Bonchev–Trinajstić information content (AvgIpc) is 2.85. The van der Waals surface area contributed by atoms with Crippen LogP contribution < -0.4 is 4.74 Å². The fraction of sp³-hybridized carbons (Fsp3) is 0.640. The van der Waals surface area contributed by atoms with Crippen LogP contribution in [0.4, 0.5) is 4.79 Å². The van der Waals surface area contributed by atoms with Crippen LogP contribution >= 0.6 is 19.4 Å². The molecule has 2 unspecified atom stereocenters. The summed E-state index contributed by atoms with van der Waals surface area (Å²) in [5, 5.41) is 9.93. The third-order valence-electron chi connectivity index (χ3n) is 5.17. The number of aliphatic hydroxyl groups excluding tert-OH is 1. The van der Waals surface area contributed by atoms with Crippen LogP contribution in [0, 0.1) is 0 Å². The number of thioether (sulfide) groups is 1. The summed E-state index contributed by atoms with van der Waals surface area (Å²) in [5.41, 5.74) is -1.69. The summed E-state index contributed by atoms with van der Waals surface area (Å²) >= 11 is 0.925. The molecule has 204 valence electrons. The Bertz CT molecular complexity index is 862. The highest BCUT2D eigenvalue weighted by molar-refractivity contribution is 8.13. The number of ether oxygens (including phenoxy) is 2. The van der Waals surface area contributed by atoms with Gasteiger partial charge in [-0.05, 0) is 25.5 Å². The Morgan fingerprint density at radius 2 is 1.58 bits per heavy atom. The molecule has 9 nitrogen and oxygen atoms in total. The van der Waals surface area contributed by atoms with Gasteiger partial charge in [0.05, 0.1) is 19.3 Å². The van der Waals surface area contributed by atoms with Crippen molar-refractivity contribution in [3.05, 3.63) is 29.8 Å². The summed E-state index contributed by atoms with van der Waals surface area (Å²) in [6.45, 7) is 3.26. The minimum Gasteiger partial charge on any atom is -0.462 e. The lowest BCUT2D eigenvalue weighted by Crippen LogP contribution is -2.20. The zero-order valence-corrected chi connectivity index (χ0v) is 22.9. The summed E-state index contributed by atoms with van der Waals surface area (Å²) in [4.78, 5) is 46.0. The van der Waals surface area contributed by atoms with Crippen LogP contribution in [0.15, 0.2) is 24.3 Å². The summed E-state index contributed by atoms with van der Waals surface area (Å²) in [6, 6.07) is 5.61. The molecule has 0 bridgehead atoms. The van der Waals surface area contributed by atoms with Gasteiger partial charge in [0.25, 0.3) is 0 Å². The fourth-order valence-corrected chi connectivity index (χ4v) is 4.67. The van der Waals surface area contributed by atoms with Crippen molar-refractivity contribution in [3.63, 3.8) is 0 Å². The largest absolute Gasteiger partial charge is 0.462 e. The van der Waals surface area contributed by atoms with E-state index in [4.69, 9.17) is 14.0 Å². The zero-order valence-electron chi connectivity index (χ0n) is 21.2. The van der Waals surface area contributed by atoms with Crippen LogP contribution in [-0.4, -0.2) is 51.9 Å². The van der Waals surface area contributed by atoms with Crippen LogP contribution in [-0.2, 0) is 18.6 Å². The Labute approximate surface area is 217 Å². The molecule has 0 amide bonds. The maximum absolute atomic E-state index is 12.2. The monoisotopic (exact) mass is 546 g/mol. The Morgan fingerprint density at radius 3 is 2.22 bits per heavy atom. The van der Waals surface area contributed by atoms with E-state index in [9.17, 15) is 28.9 Å². The molecule has 0 spiro atoms. The molecular weight excluding hydrogens is 507 g/mol. The molecule has 0 radical (unpaired) electrons.